The summed E-state index contributed by atoms with van der Waals surface area (Å²) < 4.78 is 0. The molecule has 2 nitrogen and oxygen atoms in total. The van der Waals surface area contributed by atoms with E-state index in [-0.39, 0.29) is 5.24 Å². The van der Waals surface area contributed by atoms with E-state index < -0.39 is 0 Å². The lowest BCUT2D eigenvalue weighted by molar-refractivity contribution is 0.260. The molecule has 1 aromatic carbocycles. The minimum atomic E-state index is 0.0970. The first-order valence-corrected chi connectivity index (χ1v) is 7.05. The number of nitrogens with one attached hydrogen (secondary N) is 1. The predicted octanol–water partition coefficient (Wildman–Crippen LogP) is 3.86. The summed E-state index contributed by atoms with van der Waals surface area (Å²) in [6.45, 7) is 4.84. The summed E-state index contributed by atoms with van der Waals surface area (Å²) in [5.74, 6) is 0. The number of benzene rings is 1. The Kier molecular flexibility index (Phi) is 6.78. The maximum Gasteiger partial charge on any atom is 0.279 e. The zero-order valence-corrected chi connectivity index (χ0v) is 11.4. The molecule has 0 fully saturated rings. The Hall–Kier alpha value is -0.960. The predicted molar refractivity (Wildman–Crippen MR) is 75.5 cm³/mol. The normalized spacial score (nSPS) is 10.5. The van der Waals surface area contributed by atoms with Crippen molar-refractivity contribution in [3.63, 3.8) is 0 Å². The molecule has 0 radical (unpaired) electrons. The number of amides is 1. The van der Waals surface area contributed by atoms with E-state index in [9.17, 15) is 4.79 Å². The molecule has 0 aliphatic carbocycles. The van der Waals surface area contributed by atoms with E-state index >= 15 is 0 Å². The highest BCUT2D eigenvalue weighted by atomic mass is 32.2. The fourth-order valence-electron chi connectivity index (χ4n) is 1.54. The van der Waals surface area contributed by atoms with Gasteiger partial charge in [-0.25, -0.2) is 0 Å². The molecule has 0 unspecified atom stereocenters. The minimum absolute atomic E-state index is 0.0970. The smallest absolute Gasteiger partial charge is 0.279 e. The zero-order valence-electron chi connectivity index (χ0n) is 10.6. The molecule has 1 rings (SSSR count). The van der Waals surface area contributed by atoms with Gasteiger partial charge < -0.3 is 5.32 Å². The van der Waals surface area contributed by atoms with E-state index in [0.29, 0.717) is 5.25 Å². The van der Waals surface area contributed by atoms with Crippen molar-refractivity contribution >= 4 is 17.0 Å². The lowest BCUT2D eigenvalue weighted by Gasteiger charge is -2.06. The first-order chi connectivity index (χ1) is 8.18. The van der Waals surface area contributed by atoms with Gasteiger partial charge in [-0.05, 0) is 24.8 Å². The van der Waals surface area contributed by atoms with E-state index in [1.54, 1.807) is 0 Å². The van der Waals surface area contributed by atoms with Gasteiger partial charge in [-0.2, -0.15) is 0 Å². The standard InChI is InChI=1S/C14H21NOS/c1-12(2)17-14(16)15-11-7-6-10-13-8-4-3-5-9-13/h3-5,8-9,12H,6-7,10-11H2,1-2H3,(H,15,16). The van der Waals surface area contributed by atoms with Crippen LogP contribution in [0.1, 0.15) is 32.3 Å². The molecule has 0 bridgehead atoms. The number of rotatable bonds is 6. The molecule has 17 heavy (non-hydrogen) atoms. The number of hydrogen-bond donors (Lipinski definition) is 1. The molecule has 94 valence electrons. The second-order valence-corrected chi connectivity index (χ2v) is 5.87. The van der Waals surface area contributed by atoms with Crippen molar-refractivity contribution in [2.45, 2.75) is 38.4 Å². The third-order valence-corrected chi connectivity index (χ3v) is 3.18. The van der Waals surface area contributed by atoms with Crippen LogP contribution in [0.25, 0.3) is 0 Å². The van der Waals surface area contributed by atoms with Crippen LogP contribution in [-0.4, -0.2) is 17.0 Å². The van der Waals surface area contributed by atoms with Crippen LogP contribution in [0.15, 0.2) is 30.3 Å². The van der Waals surface area contributed by atoms with Gasteiger partial charge in [-0.15, -0.1) is 0 Å². The van der Waals surface area contributed by atoms with E-state index in [4.69, 9.17) is 0 Å². The Morgan fingerprint density at radius 1 is 1.24 bits per heavy atom. The monoisotopic (exact) mass is 251 g/mol. The first kappa shape index (κ1) is 14.1. The third-order valence-electron chi connectivity index (χ3n) is 2.35. The Balaban J connectivity index is 2.03. The Morgan fingerprint density at radius 2 is 1.94 bits per heavy atom. The summed E-state index contributed by atoms with van der Waals surface area (Å²) >= 11 is 1.36. The summed E-state index contributed by atoms with van der Waals surface area (Å²) in [7, 11) is 0. The molecule has 1 N–H and O–H groups in total. The molecule has 1 amide bonds. The highest BCUT2D eigenvalue weighted by Gasteiger charge is 2.03. The fraction of sp³-hybridized carbons (Fsp3) is 0.500. The number of hydrogen-bond acceptors (Lipinski definition) is 2. The quantitative estimate of drug-likeness (QED) is 0.778. The number of thioether (sulfide) groups is 1. The summed E-state index contributed by atoms with van der Waals surface area (Å²) in [6, 6.07) is 10.5. The zero-order chi connectivity index (χ0) is 12.5. The van der Waals surface area contributed by atoms with Gasteiger partial charge >= 0.3 is 0 Å². The van der Waals surface area contributed by atoms with Crippen molar-refractivity contribution in [2.24, 2.45) is 0 Å². The summed E-state index contributed by atoms with van der Waals surface area (Å²) in [4.78, 5) is 11.3. The minimum Gasteiger partial charge on any atom is -0.347 e. The molecular formula is C14H21NOS. The lowest BCUT2D eigenvalue weighted by atomic mass is 10.1. The van der Waals surface area contributed by atoms with Gasteiger partial charge in [0.15, 0.2) is 0 Å². The molecule has 0 atom stereocenters. The summed E-state index contributed by atoms with van der Waals surface area (Å²) in [5, 5.41) is 3.38. The largest absolute Gasteiger partial charge is 0.347 e. The average Bonchev–Trinajstić information content (AvgIpc) is 2.29. The van der Waals surface area contributed by atoms with Crippen LogP contribution in [0.5, 0.6) is 0 Å². The van der Waals surface area contributed by atoms with Gasteiger partial charge in [0.1, 0.15) is 0 Å². The van der Waals surface area contributed by atoms with E-state index in [1.807, 2.05) is 19.9 Å². The molecular weight excluding hydrogens is 230 g/mol. The van der Waals surface area contributed by atoms with Crippen molar-refractivity contribution in [3.8, 4) is 0 Å². The van der Waals surface area contributed by atoms with Crippen LogP contribution in [0.3, 0.4) is 0 Å². The number of aryl methyl sites for hydroxylation is 1. The second-order valence-electron chi connectivity index (χ2n) is 4.32. The molecule has 1 aromatic rings. The number of carbonyl (C=O) groups excluding carboxylic acids is 1. The van der Waals surface area contributed by atoms with Crippen molar-refractivity contribution in [2.75, 3.05) is 6.54 Å². The van der Waals surface area contributed by atoms with Gasteiger partial charge in [-0.3, -0.25) is 4.79 Å². The van der Waals surface area contributed by atoms with Crippen molar-refractivity contribution in [1.82, 2.24) is 5.32 Å². The van der Waals surface area contributed by atoms with E-state index in [0.717, 1.165) is 25.8 Å². The van der Waals surface area contributed by atoms with Crippen molar-refractivity contribution < 1.29 is 4.79 Å². The molecule has 0 saturated carbocycles. The molecule has 0 aliphatic heterocycles. The summed E-state index contributed by atoms with van der Waals surface area (Å²) in [6.07, 6.45) is 3.25. The van der Waals surface area contributed by atoms with Crippen LogP contribution in [0, 0.1) is 0 Å². The summed E-state index contributed by atoms with van der Waals surface area (Å²) in [5.41, 5.74) is 1.37. The molecule has 0 aliphatic rings. The van der Waals surface area contributed by atoms with E-state index in [1.165, 1.54) is 17.3 Å². The second kappa shape index (κ2) is 8.18. The van der Waals surface area contributed by atoms with Gasteiger partial charge in [0.25, 0.3) is 5.24 Å². The van der Waals surface area contributed by atoms with Crippen LogP contribution in [-0.2, 0) is 6.42 Å². The highest BCUT2D eigenvalue weighted by molar-refractivity contribution is 8.14. The van der Waals surface area contributed by atoms with Gasteiger partial charge in [0.2, 0.25) is 0 Å². The molecule has 3 heteroatoms. The Morgan fingerprint density at radius 3 is 2.59 bits per heavy atom. The van der Waals surface area contributed by atoms with Crippen LogP contribution in [0.4, 0.5) is 4.79 Å². The SMILES string of the molecule is CC(C)SC(=O)NCCCCc1ccccc1. The molecule has 0 spiro atoms. The van der Waals surface area contributed by atoms with E-state index in [2.05, 4.69) is 29.6 Å². The van der Waals surface area contributed by atoms with Gasteiger partial charge in [0, 0.05) is 11.8 Å². The van der Waals surface area contributed by atoms with Crippen molar-refractivity contribution in [1.29, 1.82) is 0 Å². The third kappa shape index (κ3) is 7.05. The molecule has 0 heterocycles. The first-order valence-electron chi connectivity index (χ1n) is 6.17. The number of carbonyl (C=O) groups is 1. The van der Waals surface area contributed by atoms with Crippen molar-refractivity contribution in [3.05, 3.63) is 35.9 Å². The van der Waals surface area contributed by atoms with Gasteiger partial charge in [-0.1, -0.05) is 55.9 Å². The maximum absolute atomic E-state index is 11.3. The Labute approximate surface area is 108 Å². The Bertz CT molecular complexity index is 324. The highest BCUT2D eigenvalue weighted by Crippen LogP contribution is 2.09. The van der Waals surface area contributed by atoms with Crippen LogP contribution >= 0.6 is 11.8 Å². The number of unbranched alkanes of at least 4 members (excludes halogenated alkanes) is 1. The molecule has 0 saturated heterocycles. The maximum atomic E-state index is 11.3. The molecule has 0 aromatic heterocycles. The van der Waals surface area contributed by atoms with Crippen LogP contribution < -0.4 is 5.32 Å². The van der Waals surface area contributed by atoms with Crippen LogP contribution in [0.2, 0.25) is 0 Å². The average molecular weight is 251 g/mol. The topological polar surface area (TPSA) is 29.1 Å². The fourth-order valence-corrected chi connectivity index (χ4v) is 2.16. The van der Waals surface area contributed by atoms with Gasteiger partial charge in [0.05, 0.1) is 0 Å². The lowest BCUT2D eigenvalue weighted by Crippen LogP contribution is -2.21.